The Morgan fingerprint density at radius 2 is 2.17 bits per heavy atom. The maximum atomic E-state index is 13.6. The molecule has 0 bridgehead atoms. The average molecular weight is 320 g/mol. The summed E-state index contributed by atoms with van der Waals surface area (Å²) in [5.74, 6) is 1.34. The van der Waals surface area contributed by atoms with Crippen LogP contribution >= 0.6 is 0 Å². The molecular weight excluding hydrogens is 291 g/mol. The third-order valence-electron chi connectivity index (χ3n) is 4.48. The minimum absolute atomic E-state index is 0.140. The highest BCUT2D eigenvalue weighted by molar-refractivity contribution is 5.79. The molecule has 1 fully saturated rings. The zero-order chi connectivity index (χ0) is 16.5. The van der Waals surface area contributed by atoms with Gasteiger partial charge < -0.3 is 15.5 Å². The zero-order valence-electron chi connectivity index (χ0n) is 14.3. The molecule has 23 heavy (non-hydrogen) atoms. The molecule has 128 valence electrons. The second-order valence-corrected chi connectivity index (χ2v) is 6.12. The van der Waals surface area contributed by atoms with E-state index in [-0.39, 0.29) is 5.82 Å². The second-order valence-electron chi connectivity index (χ2n) is 6.12. The second kappa shape index (κ2) is 9.50. The molecule has 0 amide bonds. The van der Waals surface area contributed by atoms with Gasteiger partial charge >= 0.3 is 0 Å². The summed E-state index contributed by atoms with van der Waals surface area (Å²) in [6.07, 6.45) is 3.20. The SMILES string of the molecule is CCN1CCCC(CNC(=NC)NCCc2ccccc2F)C1. The first-order valence-electron chi connectivity index (χ1n) is 8.63. The summed E-state index contributed by atoms with van der Waals surface area (Å²) < 4.78 is 13.6. The predicted octanol–water partition coefficient (Wildman–Crippen LogP) is 2.27. The Labute approximate surface area is 139 Å². The quantitative estimate of drug-likeness (QED) is 0.624. The number of nitrogens with one attached hydrogen (secondary N) is 2. The molecule has 2 N–H and O–H groups in total. The smallest absolute Gasteiger partial charge is 0.190 e. The molecule has 0 spiro atoms. The molecule has 0 radical (unpaired) electrons. The largest absolute Gasteiger partial charge is 0.356 e. The Bertz CT molecular complexity index is 504. The van der Waals surface area contributed by atoms with E-state index >= 15 is 0 Å². The Hall–Kier alpha value is -1.62. The number of rotatable bonds is 6. The van der Waals surface area contributed by atoms with Crippen LogP contribution in [-0.4, -0.2) is 50.6 Å². The normalized spacial score (nSPS) is 19.6. The first-order chi connectivity index (χ1) is 11.2. The molecule has 5 heteroatoms. The average Bonchev–Trinajstić information content (AvgIpc) is 2.59. The third kappa shape index (κ3) is 5.82. The fraction of sp³-hybridized carbons (Fsp3) is 0.611. The summed E-state index contributed by atoms with van der Waals surface area (Å²) in [5.41, 5.74) is 0.737. The van der Waals surface area contributed by atoms with Crippen LogP contribution in [0, 0.1) is 11.7 Å². The first kappa shape index (κ1) is 17.7. The van der Waals surface area contributed by atoms with Gasteiger partial charge in [0.05, 0.1) is 0 Å². The molecule has 1 atom stereocenters. The van der Waals surface area contributed by atoms with Gasteiger partial charge in [0.15, 0.2) is 5.96 Å². The van der Waals surface area contributed by atoms with Crippen LogP contribution < -0.4 is 10.6 Å². The summed E-state index contributed by atoms with van der Waals surface area (Å²) in [5, 5.41) is 6.67. The summed E-state index contributed by atoms with van der Waals surface area (Å²) >= 11 is 0. The number of hydrogen-bond donors (Lipinski definition) is 2. The molecule has 0 aromatic heterocycles. The van der Waals surface area contributed by atoms with Gasteiger partial charge in [-0.2, -0.15) is 0 Å². The van der Waals surface area contributed by atoms with Crippen molar-refractivity contribution in [1.29, 1.82) is 0 Å². The molecule has 1 aromatic carbocycles. The lowest BCUT2D eigenvalue weighted by Crippen LogP contribution is -2.44. The van der Waals surface area contributed by atoms with Crippen LogP contribution in [-0.2, 0) is 6.42 Å². The van der Waals surface area contributed by atoms with Crippen molar-refractivity contribution in [2.75, 3.05) is 39.8 Å². The van der Waals surface area contributed by atoms with Crippen molar-refractivity contribution in [3.8, 4) is 0 Å². The van der Waals surface area contributed by atoms with E-state index in [2.05, 4.69) is 27.4 Å². The van der Waals surface area contributed by atoms with Crippen molar-refractivity contribution in [2.24, 2.45) is 10.9 Å². The van der Waals surface area contributed by atoms with Gasteiger partial charge in [-0.05, 0) is 49.9 Å². The first-order valence-corrected chi connectivity index (χ1v) is 8.63. The van der Waals surface area contributed by atoms with Crippen LogP contribution in [0.4, 0.5) is 4.39 Å². The molecule has 2 rings (SSSR count). The van der Waals surface area contributed by atoms with Gasteiger partial charge in [0, 0.05) is 26.7 Å². The highest BCUT2D eigenvalue weighted by Gasteiger charge is 2.18. The predicted molar refractivity (Wildman–Crippen MR) is 94.3 cm³/mol. The Morgan fingerprint density at radius 1 is 1.35 bits per heavy atom. The van der Waals surface area contributed by atoms with E-state index in [0.717, 1.165) is 31.2 Å². The van der Waals surface area contributed by atoms with Crippen LogP contribution in [0.2, 0.25) is 0 Å². The highest BCUT2D eigenvalue weighted by atomic mass is 19.1. The van der Waals surface area contributed by atoms with Gasteiger partial charge in [0.1, 0.15) is 5.82 Å². The third-order valence-corrected chi connectivity index (χ3v) is 4.48. The van der Waals surface area contributed by atoms with Gasteiger partial charge in [-0.15, -0.1) is 0 Å². The highest BCUT2D eigenvalue weighted by Crippen LogP contribution is 2.15. The molecule has 1 unspecified atom stereocenters. The molecule has 1 aromatic rings. The lowest BCUT2D eigenvalue weighted by atomic mass is 9.98. The summed E-state index contributed by atoms with van der Waals surface area (Å²) in [6.45, 7) is 7.35. The lowest BCUT2D eigenvalue weighted by Gasteiger charge is -2.32. The van der Waals surface area contributed by atoms with Crippen molar-refractivity contribution >= 4 is 5.96 Å². The summed E-state index contributed by atoms with van der Waals surface area (Å²) in [6, 6.07) is 6.92. The minimum atomic E-state index is -0.140. The maximum absolute atomic E-state index is 13.6. The van der Waals surface area contributed by atoms with Crippen LogP contribution in [0.3, 0.4) is 0 Å². The fourth-order valence-electron chi connectivity index (χ4n) is 3.08. The van der Waals surface area contributed by atoms with Crippen LogP contribution in [0.1, 0.15) is 25.3 Å². The summed E-state index contributed by atoms with van der Waals surface area (Å²) in [7, 11) is 1.78. The Kier molecular flexibility index (Phi) is 7.33. The molecule has 4 nitrogen and oxygen atoms in total. The van der Waals surface area contributed by atoms with Crippen molar-refractivity contribution < 1.29 is 4.39 Å². The van der Waals surface area contributed by atoms with Crippen molar-refractivity contribution in [2.45, 2.75) is 26.2 Å². The molecule has 1 saturated heterocycles. The van der Waals surface area contributed by atoms with Crippen LogP contribution in [0.15, 0.2) is 29.3 Å². The molecular formula is C18H29FN4. The topological polar surface area (TPSA) is 39.7 Å². The molecule has 0 saturated carbocycles. The monoisotopic (exact) mass is 320 g/mol. The van der Waals surface area contributed by atoms with Crippen molar-refractivity contribution in [1.82, 2.24) is 15.5 Å². The number of hydrogen-bond acceptors (Lipinski definition) is 2. The number of likely N-dealkylation sites (tertiary alicyclic amines) is 1. The van der Waals surface area contributed by atoms with E-state index < -0.39 is 0 Å². The fourth-order valence-corrected chi connectivity index (χ4v) is 3.08. The standard InChI is InChI=1S/C18H29FN4/c1-3-23-12-6-7-15(14-23)13-22-18(20-2)21-11-10-16-8-4-5-9-17(16)19/h4-5,8-9,15H,3,6-7,10-14H2,1-2H3,(H2,20,21,22). The molecule has 1 heterocycles. The van der Waals surface area contributed by atoms with E-state index in [1.54, 1.807) is 13.1 Å². The van der Waals surface area contributed by atoms with Crippen molar-refractivity contribution in [3.63, 3.8) is 0 Å². The Morgan fingerprint density at radius 3 is 2.91 bits per heavy atom. The van der Waals surface area contributed by atoms with Gasteiger partial charge in [0.2, 0.25) is 0 Å². The van der Waals surface area contributed by atoms with E-state index in [1.165, 1.54) is 25.5 Å². The number of halogens is 1. The van der Waals surface area contributed by atoms with Gasteiger partial charge in [0.25, 0.3) is 0 Å². The van der Waals surface area contributed by atoms with Gasteiger partial charge in [-0.1, -0.05) is 25.1 Å². The van der Waals surface area contributed by atoms with E-state index in [0.29, 0.717) is 18.9 Å². The van der Waals surface area contributed by atoms with Gasteiger partial charge in [-0.3, -0.25) is 4.99 Å². The van der Waals surface area contributed by atoms with Crippen molar-refractivity contribution in [3.05, 3.63) is 35.6 Å². The molecule has 1 aliphatic rings. The number of nitrogens with zero attached hydrogens (tertiary/aromatic N) is 2. The Balaban J connectivity index is 1.70. The maximum Gasteiger partial charge on any atom is 0.190 e. The van der Waals surface area contributed by atoms with Gasteiger partial charge in [-0.25, -0.2) is 4.39 Å². The minimum Gasteiger partial charge on any atom is -0.356 e. The van der Waals surface area contributed by atoms with E-state index in [4.69, 9.17) is 0 Å². The summed E-state index contributed by atoms with van der Waals surface area (Å²) in [4.78, 5) is 6.76. The lowest BCUT2D eigenvalue weighted by molar-refractivity contribution is 0.183. The molecule has 0 aliphatic carbocycles. The number of guanidine groups is 1. The zero-order valence-corrected chi connectivity index (χ0v) is 14.3. The number of aliphatic imine (C=N–C) groups is 1. The number of piperidine rings is 1. The van der Waals surface area contributed by atoms with E-state index in [1.807, 2.05) is 12.1 Å². The molecule has 1 aliphatic heterocycles. The van der Waals surface area contributed by atoms with Crippen LogP contribution in [0.5, 0.6) is 0 Å². The van der Waals surface area contributed by atoms with Crippen LogP contribution in [0.25, 0.3) is 0 Å². The number of benzene rings is 1. The van der Waals surface area contributed by atoms with E-state index in [9.17, 15) is 4.39 Å².